The van der Waals surface area contributed by atoms with Crippen molar-refractivity contribution in [3.63, 3.8) is 0 Å². The predicted molar refractivity (Wildman–Crippen MR) is 135 cm³/mol. The molecule has 1 aromatic rings. The van der Waals surface area contributed by atoms with Gasteiger partial charge in [0.05, 0.1) is 17.3 Å². The molecule has 2 saturated carbocycles. The van der Waals surface area contributed by atoms with Crippen molar-refractivity contribution in [3.05, 3.63) is 29.6 Å². The number of hydrogen-bond acceptors (Lipinski definition) is 7. The lowest BCUT2D eigenvalue weighted by atomic mass is 9.87. The molecule has 0 radical (unpaired) electrons. The standard InChI is InChI=1S/C26H36N6O3/c1-25(2)14-32(18-11-15-6-7-16(18)10-15)22-19(31(4)23(25)34)13-28-24(30-22)29-20-9-8-17(21(27)33)12-26(20,3)35-5/h8-9,13,15-16,18H,6-7,10-12,14H2,1-5H3,(H2,27,33)(H,28,29,30). The van der Waals surface area contributed by atoms with E-state index in [0.29, 0.717) is 36.4 Å². The number of rotatable bonds is 5. The molecule has 3 aliphatic carbocycles. The lowest BCUT2D eigenvalue weighted by Crippen LogP contribution is -2.47. The van der Waals surface area contributed by atoms with E-state index in [1.54, 1.807) is 30.4 Å². The second-order valence-corrected chi connectivity index (χ2v) is 11.4. The van der Waals surface area contributed by atoms with E-state index in [-0.39, 0.29) is 5.91 Å². The van der Waals surface area contributed by atoms with Crippen molar-refractivity contribution in [2.24, 2.45) is 23.0 Å². The van der Waals surface area contributed by atoms with Gasteiger partial charge in [-0.15, -0.1) is 0 Å². The lowest BCUT2D eigenvalue weighted by molar-refractivity contribution is -0.125. The van der Waals surface area contributed by atoms with Crippen molar-refractivity contribution in [2.45, 2.75) is 64.5 Å². The minimum atomic E-state index is -0.770. The van der Waals surface area contributed by atoms with Crippen LogP contribution in [0.3, 0.4) is 0 Å². The molecule has 0 aromatic carbocycles. The zero-order chi connectivity index (χ0) is 25.1. The van der Waals surface area contributed by atoms with E-state index < -0.39 is 16.9 Å². The molecule has 5 rings (SSSR count). The summed E-state index contributed by atoms with van der Waals surface area (Å²) in [5.41, 5.74) is 6.18. The third-order valence-electron chi connectivity index (χ3n) is 8.50. The highest BCUT2D eigenvalue weighted by Gasteiger charge is 2.48. The number of anilines is 3. The molecule has 0 saturated heterocycles. The molecular weight excluding hydrogens is 444 g/mol. The third kappa shape index (κ3) is 3.99. The van der Waals surface area contributed by atoms with Crippen molar-refractivity contribution in [1.29, 1.82) is 0 Å². The Morgan fingerprint density at radius 3 is 2.63 bits per heavy atom. The zero-order valence-corrected chi connectivity index (χ0v) is 21.3. The van der Waals surface area contributed by atoms with Crippen LogP contribution in [0.25, 0.3) is 0 Å². The number of carbonyl (C=O) groups is 2. The molecule has 2 fully saturated rings. The summed E-state index contributed by atoms with van der Waals surface area (Å²) in [4.78, 5) is 38.7. The van der Waals surface area contributed by atoms with E-state index in [4.69, 9.17) is 15.5 Å². The molecular formula is C26H36N6O3. The first-order valence-electron chi connectivity index (χ1n) is 12.5. The zero-order valence-electron chi connectivity index (χ0n) is 21.3. The smallest absolute Gasteiger partial charge is 0.244 e. The first-order valence-corrected chi connectivity index (χ1v) is 12.5. The second-order valence-electron chi connectivity index (χ2n) is 11.4. The number of primary amides is 1. The highest BCUT2D eigenvalue weighted by Crippen LogP contribution is 2.50. The van der Waals surface area contributed by atoms with Crippen molar-refractivity contribution < 1.29 is 14.3 Å². The normalized spacial score (nSPS) is 31.6. The van der Waals surface area contributed by atoms with Gasteiger partial charge in [-0.2, -0.15) is 4.98 Å². The monoisotopic (exact) mass is 480 g/mol. The predicted octanol–water partition coefficient (Wildman–Crippen LogP) is 2.99. The van der Waals surface area contributed by atoms with Gasteiger partial charge in [-0.1, -0.05) is 12.5 Å². The Hall–Kier alpha value is -2.94. The highest BCUT2D eigenvalue weighted by atomic mass is 16.5. The number of nitrogens with two attached hydrogens (primary N) is 1. The molecule has 2 bridgehead atoms. The highest BCUT2D eigenvalue weighted by molar-refractivity contribution is 6.00. The molecule has 2 heterocycles. The number of amides is 2. The summed E-state index contributed by atoms with van der Waals surface area (Å²) in [6.45, 7) is 6.56. The van der Waals surface area contributed by atoms with E-state index >= 15 is 0 Å². The molecule has 4 aliphatic rings. The van der Waals surface area contributed by atoms with E-state index in [1.807, 2.05) is 27.8 Å². The Morgan fingerprint density at radius 1 is 1.23 bits per heavy atom. The molecule has 1 aliphatic heterocycles. The van der Waals surface area contributed by atoms with Crippen LogP contribution in [0.15, 0.2) is 29.6 Å². The van der Waals surface area contributed by atoms with Gasteiger partial charge in [0.15, 0.2) is 5.82 Å². The van der Waals surface area contributed by atoms with Gasteiger partial charge in [-0.25, -0.2) is 4.98 Å². The van der Waals surface area contributed by atoms with Crippen LogP contribution in [0, 0.1) is 17.3 Å². The van der Waals surface area contributed by atoms with Crippen LogP contribution in [0.2, 0.25) is 0 Å². The number of nitrogens with one attached hydrogen (secondary N) is 1. The summed E-state index contributed by atoms with van der Waals surface area (Å²) in [6.07, 6.45) is 10.6. The van der Waals surface area contributed by atoms with Crippen LogP contribution in [-0.2, 0) is 14.3 Å². The molecule has 3 N–H and O–H groups in total. The summed E-state index contributed by atoms with van der Waals surface area (Å²) in [7, 11) is 3.42. The maximum atomic E-state index is 13.3. The van der Waals surface area contributed by atoms with Crippen LogP contribution < -0.4 is 20.9 Å². The van der Waals surface area contributed by atoms with Crippen LogP contribution in [-0.4, -0.2) is 54.1 Å². The Labute approximate surface area is 206 Å². The maximum Gasteiger partial charge on any atom is 0.244 e. The van der Waals surface area contributed by atoms with Crippen LogP contribution in [0.1, 0.15) is 52.9 Å². The van der Waals surface area contributed by atoms with Crippen LogP contribution in [0.5, 0.6) is 0 Å². The number of ether oxygens (including phenoxy) is 1. The van der Waals surface area contributed by atoms with Gasteiger partial charge in [0.1, 0.15) is 11.3 Å². The van der Waals surface area contributed by atoms with Crippen molar-refractivity contribution in [1.82, 2.24) is 9.97 Å². The van der Waals surface area contributed by atoms with Gasteiger partial charge in [0.2, 0.25) is 17.8 Å². The first-order chi connectivity index (χ1) is 16.5. The summed E-state index contributed by atoms with van der Waals surface area (Å²) < 4.78 is 5.77. The number of nitrogens with zero attached hydrogens (tertiary/aromatic N) is 4. The molecule has 35 heavy (non-hydrogen) atoms. The second kappa shape index (κ2) is 8.33. The number of hydrogen-bond donors (Lipinski definition) is 2. The fourth-order valence-electron chi connectivity index (χ4n) is 6.40. The molecule has 9 nitrogen and oxygen atoms in total. The maximum absolute atomic E-state index is 13.3. The largest absolute Gasteiger partial charge is 0.372 e. The van der Waals surface area contributed by atoms with Crippen molar-refractivity contribution >= 4 is 29.3 Å². The fourth-order valence-corrected chi connectivity index (χ4v) is 6.40. The average molecular weight is 481 g/mol. The minimum absolute atomic E-state index is 0.0692. The molecule has 2 amide bonds. The Balaban J connectivity index is 1.53. The SMILES string of the molecule is COC1(C)CC(C(N)=O)=CC=C1Nc1ncc2c(n1)N(C1CC3CCC1C3)CC(C)(C)C(=O)N2C. The molecule has 4 unspecified atom stereocenters. The van der Waals surface area contributed by atoms with E-state index in [1.165, 1.54) is 19.3 Å². The van der Waals surface area contributed by atoms with Gasteiger partial charge in [-0.05, 0) is 57.9 Å². The van der Waals surface area contributed by atoms with E-state index in [9.17, 15) is 9.59 Å². The Bertz CT molecular complexity index is 1130. The van der Waals surface area contributed by atoms with Crippen molar-refractivity contribution in [2.75, 3.05) is 35.8 Å². The molecule has 188 valence electrons. The summed E-state index contributed by atoms with van der Waals surface area (Å²) in [6, 6.07) is 0.382. The average Bonchev–Trinajstić information content (AvgIpc) is 3.45. The fraction of sp³-hybridized carbons (Fsp3) is 0.615. The quantitative estimate of drug-likeness (QED) is 0.666. The Morgan fingerprint density at radius 2 is 2.00 bits per heavy atom. The van der Waals surface area contributed by atoms with E-state index in [2.05, 4.69) is 15.2 Å². The number of fused-ring (bicyclic) bond motifs is 3. The first kappa shape index (κ1) is 23.8. The number of carbonyl (C=O) groups excluding carboxylic acids is 2. The van der Waals surface area contributed by atoms with Crippen LogP contribution in [0.4, 0.5) is 17.5 Å². The van der Waals surface area contributed by atoms with Gasteiger partial charge >= 0.3 is 0 Å². The number of methoxy groups -OCH3 is 1. The Kier molecular flexibility index (Phi) is 5.66. The molecule has 9 heteroatoms. The topological polar surface area (TPSA) is 114 Å². The van der Waals surface area contributed by atoms with Crippen molar-refractivity contribution in [3.8, 4) is 0 Å². The summed E-state index contributed by atoms with van der Waals surface area (Å²) >= 11 is 0. The molecule has 0 spiro atoms. The van der Waals surface area contributed by atoms with Crippen LogP contribution >= 0.6 is 0 Å². The number of allylic oxidation sites excluding steroid dienone is 2. The summed E-state index contributed by atoms with van der Waals surface area (Å²) in [5.74, 6) is 2.26. The molecule has 1 aromatic heterocycles. The van der Waals surface area contributed by atoms with E-state index in [0.717, 1.165) is 29.5 Å². The molecule has 4 atom stereocenters. The number of aromatic nitrogens is 2. The lowest BCUT2D eigenvalue weighted by Gasteiger charge is -2.38. The van der Waals surface area contributed by atoms with Gasteiger partial charge in [0, 0.05) is 38.7 Å². The van der Waals surface area contributed by atoms with Gasteiger partial charge in [0.25, 0.3) is 0 Å². The minimum Gasteiger partial charge on any atom is -0.372 e. The third-order valence-corrected chi connectivity index (χ3v) is 8.50. The van der Waals surface area contributed by atoms with Gasteiger partial charge < -0.3 is 25.6 Å². The summed E-state index contributed by atoms with van der Waals surface area (Å²) in [5, 5.41) is 3.33. The van der Waals surface area contributed by atoms with Gasteiger partial charge in [-0.3, -0.25) is 9.59 Å².